The van der Waals surface area contributed by atoms with E-state index in [1.807, 2.05) is 31.2 Å². The lowest BCUT2D eigenvalue weighted by atomic mass is 10.1. The predicted octanol–water partition coefficient (Wildman–Crippen LogP) is 3.08. The van der Waals surface area contributed by atoms with Crippen molar-refractivity contribution in [1.29, 1.82) is 0 Å². The van der Waals surface area contributed by atoms with Crippen LogP contribution >= 0.6 is 0 Å². The molecule has 0 fully saturated rings. The second kappa shape index (κ2) is 6.29. The molecule has 0 aliphatic rings. The Hall–Kier alpha value is -1.94. The Balaban J connectivity index is 1.94. The molecule has 3 nitrogen and oxygen atoms in total. The van der Waals surface area contributed by atoms with Crippen LogP contribution in [0, 0.1) is 5.82 Å². The Morgan fingerprint density at radius 1 is 1.26 bits per heavy atom. The highest BCUT2D eigenvalue weighted by Crippen LogP contribution is 2.15. The van der Waals surface area contributed by atoms with Gasteiger partial charge in [0.2, 0.25) is 0 Å². The first kappa shape index (κ1) is 13.5. The van der Waals surface area contributed by atoms with E-state index < -0.39 is 0 Å². The molecule has 0 aliphatic carbocycles. The molecule has 1 heterocycles. The van der Waals surface area contributed by atoms with Crippen molar-refractivity contribution < 1.29 is 9.13 Å². The second-order valence-corrected chi connectivity index (χ2v) is 4.39. The minimum absolute atomic E-state index is 0.0466. The van der Waals surface area contributed by atoms with Crippen LogP contribution in [-0.4, -0.2) is 12.1 Å². The Morgan fingerprint density at radius 2 is 2.00 bits per heavy atom. The van der Waals surface area contributed by atoms with Gasteiger partial charge >= 0.3 is 0 Å². The van der Waals surface area contributed by atoms with Gasteiger partial charge < -0.3 is 10.1 Å². The zero-order valence-corrected chi connectivity index (χ0v) is 11.1. The maximum atomic E-state index is 13.1. The molecule has 0 aliphatic heterocycles. The molecule has 1 aromatic carbocycles. The Bertz CT molecular complexity index is 528. The van der Waals surface area contributed by atoms with Crippen LogP contribution in [0.25, 0.3) is 0 Å². The highest BCUT2D eigenvalue weighted by Gasteiger charge is 2.06. The average Bonchev–Trinajstić information content (AvgIpc) is 2.45. The van der Waals surface area contributed by atoms with E-state index in [9.17, 15) is 4.39 Å². The van der Waals surface area contributed by atoms with Crippen molar-refractivity contribution >= 4 is 0 Å². The van der Waals surface area contributed by atoms with Crippen LogP contribution in [-0.2, 0) is 6.54 Å². The summed E-state index contributed by atoms with van der Waals surface area (Å²) in [5, 5.41) is 3.33. The van der Waals surface area contributed by atoms with Crippen molar-refractivity contribution in [1.82, 2.24) is 10.3 Å². The summed E-state index contributed by atoms with van der Waals surface area (Å²) in [6.45, 7) is 2.70. The molecule has 0 saturated heterocycles. The molecule has 1 unspecified atom stereocenters. The van der Waals surface area contributed by atoms with E-state index in [2.05, 4.69) is 10.3 Å². The number of benzene rings is 1. The first-order valence-electron chi connectivity index (χ1n) is 6.16. The molecule has 0 radical (unpaired) electrons. The summed E-state index contributed by atoms with van der Waals surface area (Å²) in [5.41, 5.74) is 1.99. The zero-order valence-electron chi connectivity index (χ0n) is 11.1. The highest BCUT2D eigenvalue weighted by molar-refractivity contribution is 5.27. The molecule has 1 N–H and O–H groups in total. The number of nitrogens with one attached hydrogen (secondary N) is 1. The van der Waals surface area contributed by atoms with Crippen molar-refractivity contribution in [2.45, 2.75) is 19.5 Å². The molecule has 19 heavy (non-hydrogen) atoms. The molecule has 2 aromatic rings. The number of ether oxygens (including phenoxy) is 1. The van der Waals surface area contributed by atoms with Crippen LogP contribution in [0.3, 0.4) is 0 Å². The van der Waals surface area contributed by atoms with Crippen LogP contribution in [0.5, 0.6) is 5.75 Å². The summed E-state index contributed by atoms with van der Waals surface area (Å²) in [4.78, 5) is 3.85. The molecule has 0 bridgehead atoms. The molecule has 0 amide bonds. The second-order valence-electron chi connectivity index (χ2n) is 4.39. The number of hydrogen-bond donors (Lipinski definition) is 1. The van der Waals surface area contributed by atoms with Gasteiger partial charge in [-0.25, -0.2) is 4.39 Å². The van der Waals surface area contributed by atoms with E-state index in [4.69, 9.17) is 4.74 Å². The van der Waals surface area contributed by atoms with Crippen molar-refractivity contribution in [2.24, 2.45) is 0 Å². The van der Waals surface area contributed by atoms with E-state index in [-0.39, 0.29) is 11.9 Å². The standard InChI is InChI=1S/C15H17FN2O/c1-11(13-7-14(16)10-17-9-13)18-8-12-3-5-15(19-2)6-4-12/h3-7,9-11,18H,8H2,1-2H3. The predicted molar refractivity (Wildman–Crippen MR) is 72.4 cm³/mol. The van der Waals surface area contributed by atoms with E-state index in [0.29, 0.717) is 6.54 Å². The van der Waals surface area contributed by atoms with Crippen LogP contribution < -0.4 is 10.1 Å². The fraction of sp³-hybridized carbons (Fsp3) is 0.267. The fourth-order valence-corrected chi connectivity index (χ4v) is 1.80. The number of hydrogen-bond acceptors (Lipinski definition) is 3. The third-order valence-electron chi connectivity index (χ3n) is 3.00. The molecular formula is C15H17FN2O. The van der Waals surface area contributed by atoms with Crippen LogP contribution in [0.4, 0.5) is 4.39 Å². The number of aromatic nitrogens is 1. The Kier molecular flexibility index (Phi) is 4.47. The van der Waals surface area contributed by atoms with E-state index >= 15 is 0 Å². The highest BCUT2D eigenvalue weighted by atomic mass is 19.1. The van der Waals surface area contributed by atoms with E-state index in [1.165, 1.54) is 12.3 Å². The van der Waals surface area contributed by atoms with Gasteiger partial charge in [-0.2, -0.15) is 0 Å². The smallest absolute Gasteiger partial charge is 0.141 e. The monoisotopic (exact) mass is 260 g/mol. The quantitative estimate of drug-likeness (QED) is 0.897. The number of halogens is 1. The van der Waals surface area contributed by atoms with Gasteiger partial charge in [0.15, 0.2) is 0 Å². The van der Waals surface area contributed by atoms with Crippen LogP contribution in [0.2, 0.25) is 0 Å². The zero-order chi connectivity index (χ0) is 13.7. The normalized spacial score (nSPS) is 12.2. The number of nitrogens with zero attached hydrogens (tertiary/aromatic N) is 1. The summed E-state index contributed by atoms with van der Waals surface area (Å²) in [7, 11) is 1.65. The minimum atomic E-state index is -0.310. The van der Waals surface area contributed by atoms with Crippen LogP contribution in [0.15, 0.2) is 42.7 Å². The third-order valence-corrected chi connectivity index (χ3v) is 3.00. The lowest BCUT2D eigenvalue weighted by Crippen LogP contribution is -2.18. The largest absolute Gasteiger partial charge is 0.497 e. The molecule has 2 rings (SSSR count). The summed E-state index contributed by atoms with van der Waals surface area (Å²) < 4.78 is 18.2. The number of rotatable bonds is 5. The molecule has 1 aromatic heterocycles. The third kappa shape index (κ3) is 3.76. The molecule has 0 saturated carbocycles. The fourth-order valence-electron chi connectivity index (χ4n) is 1.80. The molecular weight excluding hydrogens is 243 g/mol. The lowest BCUT2D eigenvalue weighted by Gasteiger charge is -2.14. The summed E-state index contributed by atoms with van der Waals surface area (Å²) in [5.74, 6) is 0.529. The van der Waals surface area contributed by atoms with Crippen LogP contribution in [0.1, 0.15) is 24.1 Å². The topological polar surface area (TPSA) is 34.1 Å². The van der Waals surface area contributed by atoms with Gasteiger partial charge in [-0.3, -0.25) is 4.98 Å². The van der Waals surface area contributed by atoms with Gasteiger partial charge in [0, 0.05) is 18.8 Å². The van der Waals surface area contributed by atoms with Gasteiger partial charge in [-0.05, 0) is 36.2 Å². The van der Waals surface area contributed by atoms with Gasteiger partial charge in [-0.1, -0.05) is 12.1 Å². The summed E-state index contributed by atoms with van der Waals surface area (Å²) in [6, 6.07) is 9.39. The first-order chi connectivity index (χ1) is 9.19. The average molecular weight is 260 g/mol. The summed E-state index contributed by atoms with van der Waals surface area (Å²) >= 11 is 0. The lowest BCUT2D eigenvalue weighted by molar-refractivity contribution is 0.414. The van der Waals surface area contributed by atoms with Crippen molar-refractivity contribution in [2.75, 3.05) is 7.11 Å². The van der Waals surface area contributed by atoms with Gasteiger partial charge in [0.05, 0.1) is 13.3 Å². The van der Waals surface area contributed by atoms with Gasteiger partial charge in [0.25, 0.3) is 0 Å². The Morgan fingerprint density at radius 3 is 2.63 bits per heavy atom. The molecule has 100 valence electrons. The van der Waals surface area contributed by atoms with E-state index in [1.54, 1.807) is 13.3 Å². The van der Waals surface area contributed by atoms with E-state index in [0.717, 1.165) is 16.9 Å². The Labute approximate surface area is 112 Å². The molecule has 0 spiro atoms. The maximum absolute atomic E-state index is 13.1. The van der Waals surface area contributed by atoms with Gasteiger partial charge in [0.1, 0.15) is 11.6 Å². The summed E-state index contributed by atoms with van der Waals surface area (Å²) in [6.07, 6.45) is 2.88. The minimum Gasteiger partial charge on any atom is -0.497 e. The van der Waals surface area contributed by atoms with Crippen molar-refractivity contribution in [3.63, 3.8) is 0 Å². The SMILES string of the molecule is COc1ccc(CNC(C)c2cncc(F)c2)cc1. The van der Waals surface area contributed by atoms with Crippen molar-refractivity contribution in [3.05, 3.63) is 59.7 Å². The molecule has 1 atom stereocenters. The van der Waals surface area contributed by atoms with Gasteiger partial charge in [-0.15, -0.1) is 0 Å². The number of methoxy groups -OCH3 is 1. The van der Waals surface area contributed by atoms with Crippen molar-refractivity contribution in [3.8, 4) is 5.75 Å². The maximum Gasteiger partial charge on any atom is 0.141 e. The number of pyridine rings is 1. The molecule has 4 heteroatoms. The first-order valence-corrected chi connectivity index (χ1v) is 6.16.